The number of allylic oxidation sites excluding steroid dienone is 2. The van der Waals surface area contributed by atoms with Crippen LogP contribution in [0.4, 0.5) is 0 Å². The minimum atomic E-state index is 0.313. The molecular weight excluding hydrogens is 162 g/mol. The fourth-order valence-corrected chi connectivity index (χ4v) is 0.943. The van der Waals surface area contributed by atoms with Gasteiger partial charge in [0.05, 0.1) is 0 Å². The highest BCUT2D eigenvalue weighted by Gasteiger charge is 2.04. The van der Waals surface area contributed by atoms with Crippen molar-refractivity contribution >= 4 is 12.7 Å². The molecule has 1 aromatic rings. The van der Waals surface area contributed by atoms with Gasteiger partial charge in [-0.05, 0) is 13.0 Å². The summed E-state index contributed by atoms with van der Waals surface area (Å²) in [4.78, 5) is 4.22. The molecule has 13 heavy (non-hydrogen) atoms. The second-order valence-corrected chi connectivity index (χ2v) is 3.21. The molecule has 2 nitrogen and oxygen atoms in total. The third kappa shape index (κ3) is 2.31. The Bertz CT molecular complexity index is 398. The van der Waals surface area contributed by atoms with Gasteiger partial charge in [-0.2, -0.15) is 0 Å². The predicted molar refractivity (Wildman–Crippen MR) is 54.6 cm³/mol. The van der Waals surface area contributed by atoms with Crippen LogP contribution in [0.3, 0.4) is 0 Å². The lowest BCUT2D eigenvalue weighted by atomic mass is 10.2. The van der Waals surface area contributed by atoms with E-state index < -0.39 is 0 Å². The highest BCUT2D eigenvalue weighted by atomic mass is 16.3. The SMILES string of the molecule is C=c1nc(C(C)C)o/c1=C/C=C\C. The Morgan fingerprint density at radius 3 is 2.62 bits per heavy atom. The van der Waals surface area contributed by atoms with Gasteiger partial charge in [0.25, 0.3) is 0 Å². The minimum absolute atomic E-state index is 0.313. The van der Waals surface area contributed by atoms with Gasteiger partial charge >= 0.3 is 0 Å². The first-order chi connectivity index (χ1) is 6.15. The van der Waals surface area contributed by atoms with Crippen LogP contribution in [0.5, 0.6) is 0 Å². The van der Waals surface area contributed by atoms with E-state index in [9.17, 15) is 0 Å². The second-order valence-electron chi connectivity index (χ2n) is 3.21. The largest absolute Gasteiger partial charge is 0.440 e. The maximum atomic E-state index is 5.50. The lowest BCUT2D eigenvalue weighted by Gasteiger charge is -1.93. The monoisotopic (exact) mass is 177 g/mol. The average molecular weight is 177 g/mol. The van der Waals surface area contributed by atoms with E-state index in [1.165, 1.54) is 0 Å². The van der Waals surface area contributed by atoms with Crippen LogP contribution in [0.25, 0.3) is 12.7 Å². The molecule has 0 aromatic carbocycles. The molecule has 0 amide bonds. The summed E-state index contributed by atoms with van der Waals surface area (Å²) < 4.78 is 5.50. The number of nitrogens with zero attached hydrogens (tertiary/aromatic N) is 1. The molecule has 1 aromatic heterocycles. The second kappa shape index (κ2) is 4.08. The minimum Gasteiger partial charge on any atom is -0.440 e. The van der Waals surface area contributed by atoms with Gasteiger partial charge in [0.1, 0.15) is 5.35 Å². The summed E-state index contributed by atoms with van der Waals surface area (Å²) in [5.74, 6) is 1.06. The zero-order valence-corrected chi connectivity index (χ0v) is 8.37. The van der Waals surface area contributed by atoms with E-state index in [0.29, 0.717) is 11.3 Å². The fourth-order valence-electron chi connectivity index (χ4n) is 0.943. The molecule has 0 atom stereocenters. The molecule has 2 heteroatoms. The third-order valence-electron chi connectivity index (χ3n) is 1.68. The van der Waals surface area contributed by atoms with Gasteiger partial charge in [-0.3, -0.25) is 0 Å². The van der Waals surface area contributed by atoms with Crippen molar-refractivity contribution in [2.75, 3.05) is 0 Å². The summed E-state index contributed by atoms with van der Waals surface area (Å²) >= 11 is 0. The van der Waals surface area contributed by atoms with Gasteiger partial charge < -0.3 is 4.42 Å². The first-order valence-corrected chi connectivity index (χ1v) is 4.44. The van der Waals surface area contributed by atoms with Crippen LogP contribution in [0.1, 0.15) is 32.6 Å². The molecule has 0 radical (unpaired) electrons. The molecule has 0 unspecified atom stereocenters. The summed E-state index contributed by atoms with van der Waals surface area (Å²) in [5.41, 5.74) is 0.752. The van der Waals surface area contributed by atoms with Crippen molar-refractivity contribution in [1.82, 2.24) is 4.98 Å². The normalized spacial score (nSPS) is 13.4. The molecule has 0 aliphatic rings. The van der Waals surface area contributed by atoms with Crippen LogP contribution in [0, 0.1) is 0 Å². The zero-order valence-electron chi connectivity index (χ0n) is 8.37. The molecular formula is C11H15NO. The summed E-state index contributed by atoms with van der Waals surface area (Å²) in [6.45, 7) is 9.86. The van der Waals surface area contributed by atoms with E-state index in [0.717, 1.165) is 11.3 Å². The number of aromatic nitrogens is 1. The lowest BCUT2D eigenvalue weighted by Crippen LogP contribution is -2.19. The van der Waals surface area contributed by atoms with Crippen molar-refractivity contribution in [2.24, 2.45) is 0 Å². The Balaban J connectivity index is 3.18. The average Bonchev–Trinajstić information content (AvgIpc) is 2.44. The van der Waals surface area contributed by atoms with Crippen LogP contribution < -0.4 is 10.8 Å². The molecule has 70 valence electrons. The molecule has 0 aliphatic carbocycles. The lowest BCUT2D eigenvalue weighted by molar-refractivity contribution is 0.448. The summed E-state index contributed by atoms with van der Waals surface area (Å²) in [6.07, 6.45) is 5.73. The molecule has 0 saturated carbocycles. The Morgan fingerprint density at radius 2 is 2.15 bits per heavy atom. The quantitative estimate of drug-likeness (QED) is 0.685. The molecule has 1 heterocycles. The van der Waals surface area contributed by atoms with Crippen LogP contribution in [0.15, 0.2) is 16.6 Å². The van der Waals surface area contributed by atoms with E-state index in [2.05, 4.69) is 11.6 Å². The van der Waals surface area contributed by atoms with E-state index in [-0.39, 0.29) is 0 Å². The van der Waals surface area contributed by atoms with Crippen molar-refractivity contribution in [1.29, 1.82) is 0 Å². The molecule has 0 N–H and O–H groups in total. The summed E-state index contributed by atoms with van der Waals surface area (Å²) in [6, 6.07) is 0. The first kappa shape index (κ1) is 9.78. The summed E-state index contributed by atoms with van der Waals surface area (Å²) in [5, 5.41) is 0.710. The van der Waals surface area contributed by atoms with Crippen molar-refractivity contribution in [3.05, 3.63) is 28.8 Å². The molecule has 0 saturated heterocycles. The number of hydrogen-bond donors (Lipinski definition) is 0. The van der Waals surface area contributed by atoms with E-state index in [1.807, 2.05) is 39.0 Å². The zero-order chi connectivity index (χ0) is 9.84. The van der Waals surface area contributed by atoms with E-state index in [1.54, 1.807) is 0 Å². The molecule has 0 aliphatic heterocycles. The van der Waals surface area contributed by atoms with Crippen LogP contribution in [0.2, 0.25) is 0 Å². The van der Waals surface area contributed by atoms with Crippen LogP contribution >= 0.6 is 0 Å². The highest BCUT2D eigenvalue weighted by molar-refractivity contribution is 5.33. The maximum Gasteiger partial charge on any atom is 0.198 e. The van der Waals surface area contributed by atoms with Gasteiger partial charge in [0.2, 0.25) is 0 Å². The Labute approximate surface area is 78.3 Å². The maximum absolute atomic E-state index is 5.50. The standard InChI is InChI=1S/C11H15NO/c1-5-6-7-10-9(4)12-11(13-10)8(2)3/h5-8H,4H2,1-3H3/b6-5-,10-7+. The number of rotatable bonds is 2. The predicted octanol–water partition coefficient (Wildman–Crippen LogP) is 1.56. The molecule has 1 rings (SSSR count). The van der Waals surface area contributed by atoms with Gasteiger partial charge in [-0.1, -0.05) is 32.6 Å². The van der Waals surface area contributed by atoms with Crippen LogP contribution in [-0.2, 0) is 0 Å². The number of hydrogen-bond acceptors (Lipinski definition) is 2. The van der Waals surface area contributed by atoms with E-state index >= 15 is 0 Å². The fraction of sp³-hybridized carbons (Fsp3) is 0.364. The summed E-state index contributed by atoms with van der Waals surface area (Å²) in [7, 11) is 0. The van der Waals surface area contributed by atoms with Gasteiger partial charge in [0, 0.05) is 5.92 Å². The third-order valence-corrected chi connectivity index (χ3v) is 1.68. The number of oxazole rings is 1. The van der Waals surface area contributed by atoms with Crippen molar-refractivity contribution in [3.63, 3.8) is 0 Å². The Hall–Kier alpha value is -1.31. The first-order valence-electron chi connectivity index (χ1n) is 4.44. The van der Waals surface area contributed by atoms with Gasteiger partial charge in [-0.25, -0.2) is 4.98 Å². The van der Waals surface area contributed by atoms with Crippen molar-refractivity contribution < 1.29 is 4.42 Å². The Kier molecular flexibility index (Phi) is 3.07. The molecule has 0 fully saturated rings. The smallest absolute Gasteiger partial charge is 0.198 e. The van der Waals surface area contributed by atoms with Crippen LogP contribution in [-0.4, -0.2) is 4.98 Å². The van der Waals surface area contributed by atoms with E-state index in [4.69, 9.17) is 4.42 Å². The van der Waals surface area contributed by atoms with Gasteiger partial charge in [0.15, 0.2) is 11.3 Å². The Morgan fingerprint density at radius 1 is 1.46 bits per heavy atom. The highest BCUT2D eigenvalue weighted by Crippen LogP contribution is 2.05. The topological polar surface area (TPSA) is 26.0 Å². The van der Waals surface area contributed by atoms with Gasteiger partial charge in [-0.15, -0.1) is 0 Å². The van der Waals surface area contributed by atoms with Crippen molar-refractivity contribution in [2.45, 2.75) is 26.7 Å². The molecule has 0 spiro atoms. The van der Waals surface area contributed by atoms with Crippen molar-refractivity contribution in [3.8, 4) is 0 Å². The molecule has 0 bridgehead atoms.